The van der Waals surface area contributed by atoms with E-state index < -0.39 is 10.3 Å². The van der Waals surface area contributed by atoms with E-state index in [9.17, 15) is 9.18 Å². The van der Waals surface area contributed by atoms with E-state index in [1.807, 2.05) is 0 Å². The molecule has 1 atom stereocenters. The lowest BCUT2D eigenvalue weighted by Gasteiger charge is -2.07. The van der Waals surface area contributed by atoms with E-state index in [1.165, 1.54) is 18.2 Å². The molecule has 0 bridgehead atoms. The second-order valence-corrected chi connectivity index (χ2v) is 6.03. The molecule has 6 heteroatoms. The van der Waals surface area contributed by atoms with Crippen LogP contribution in [0, 0.1) is 11.7 Å². The summed E-state index contributed by atoms with van der Waals surface area (Å²) in [5.74, 6) is -1.02. The van der Waals surface area contributed by atoms with E-state index in [1.54, 1.807) is 0 Å². The zero-order valence-corrected chi connectivity index (χ0v) is 11.0. The predicted octanol–water partition coefficient (Wildman–Crippen LogP) is 3.72. The Hall–Kier alpha value is -0.320. The lowest BCUT2D eigenvalue weighted by Crippen LogP contribution is -2.17. The molecule has 1 aliphatic carbocycles. The Morgan fingerprint density at radius 3 is 2.69 bits per heavy atom. The van der Waals surface area contributed by atoms with E-state index in [0.717, 1.165) is 0 Å². The topological polar surface area (TPSA) is 29.1 Å². The Labute approximate surface area is 110 Å². The van der Waals surface area contributed by atoms with Gasteiger partial charge in [0.25, 0.3) is 0 Å². The molecule has 1 N–H and O–H groups in total. The summed E-state index contributed by atoms with van der Waals surface area (Å²) in [6.07, 6.45) is 0.445. The van der Waals surface area contributed by atoms with Crippen molar-refractivity contribution in [1.82, 2.24) is 0 Å². The number of benzene rings is 1. The summed E-state index contributed by atoms with van der Waals surface area (Å²) < 4.78 is 12.3. The number of amides is 1. The van der Waals surface area contributed by atoms with Gasteiger partial charge in [-0.3, -0.25) is 4.79 Å². The Morgan fingerprint density at radius 1 is 1.56 bits per heavy atom. The molecule has 86 valence electrons. The van der Waals surface area contributed by atoms with Gasteiger partial charge >= 0.3 is 0 Å². The van der Waals surface area contributed by atoms with Crippen molar-refractivity contribution in [2.75, 3.05) is 5.32 Å². The molecular formula is C10H7BrCl2FNO. The van der Waals surface area contributed by atoms with Gasteiger partial charge < -0.3 is 5.32 Å². The molecule has 0 saturated heterocycles. The van der Waals surface area contributed by atoms with Crippen molar-refractivity contribution in [2.45, 2.75) is 10.8 Å². The second kappa shape index (κ2) is 4.17. The van der Waals surface area contributed by atoms with Gasteiger partial charge in [0.2, 0.25) is 5.91 Å². The standard InChI is InChI=1S/C10H7BrCl2FNO/c11-7-3-5(14)1-2-8(7)15-9(16)6-4-10(6,12)13/h1-3,6H,4H2,(H,15,16). The van der Waals surface area contributed by atoms with Crippen LogP contribution in [0.5, 0.6) is 0 Å². The maximum Gasteiger partial charge on any atom is 0.230 e. The van der Waals surface area contributed by atoms with Gasteiger partial charge in [-0.15, -0.1) is 23.2 Å². The van der Waals surface area contributed by atoms with Crippen molar-refractivity contribution in [1.29, 1.82) is 0 Å². The van der Waals surface area contributed by atoms with Gasteiger partial charge in [0.15, 0.2) is 0 Å². The maximum absolute atomic E-state index is 12.8. The number of carbonyl (C=O) groups is 1. The van der Waals surface area contributed by atoms with E-state index >= 15 is 0 Å². The van der Waals surface area contributed by atoms with Crippen LogP contribution >= 0.6 is 39.1 Å². The molecule has 1 unspecified atom stereocenters. The number of carbonyl (C=O) groups excluding carboxylic acids is 1. The van der Waals surface area contributed by atoms with Crippen LogP contribution in [0.15, 0.2) is 22.7 Å². The lowest BCUT2D eigenvalue weighted by molar-refractivity contribution is -0.117. The zero-order valence-electron chi connectivity index (χ0n) is 7.94. The molecule has 0 spiro atoms. The molecule has 0 aromatic heterocycles. The minimum atomic E-state index is -0.948. The minimum Gasteiger partial charge on any atom is -0.325 e. The van der Waals surface area contributed by atoms with Gasteiger partial charge in [-0.25, -0.2) is 4.39 Å². The zero-order chi connectivity index (χ0) is 11.9. The van der Waals surface area contributed by atoms with Crippen molar-refractivity contribution in [3.63, 3.8) is 0 Å². The van der Waals surface area contributed by atoms with E-state index in [-0.39, 0.29) is 11.7 Å². The van der Waals surface area contributed by atoms with Crippen LogP contribution in [0.3, 0.4) is 0 Å². The van der Waals surface area contributed by atoms with Gasteiger partial charge in [0, 0.05) is 4.47 Å². The fourth-order valence-corrected chi connectivity index (χ4v) is 2.27. The molecule has 1 fully saturated rings. The fraction of sp³-hybridized carbons (Fsp3) is 0.300. The first-order valence-electron chi connectivity index (χ1n) is 4.54. The number of alkyl halides is 2. The molecule has 1 saturated carbocycles. The third-order valence-electron chi connectivity index (χ3n) is 2.33. The molecule has 16 heavy (non-hydrogen) atoms. The highest BCUT2D eigenvalue weighted by Crippen LogP contribution is 2.53. The molecule has 1 aromatic rings. The molecular weight excluding hydrogens is 320 g/mol. The summed E-state index contributed by atoms with van der Waals surface area (Å²) in [4.78, 5) is 11.6. The predicted molar refractivity (Wildman–Crippen MR) is 65.3 cm³/mol. The van der Waals surface area contributed by atoms with Crippen molar-refractivity contribution < 1.29 is 9.18 Å². The monoisotopic (exact) mass is 325 g/mol. The number of hydrogen-bond acceptors (Lipinski definition) is 1. The molecule has 2 rings (SSSR count). The number of anilines is 1. The Balaban J connectivity index is 2.07. The quantitative estimate of drug-likeness (QED) is 0.824. The molecule has 0 aliphatic heterocycles. The highest BCUT2D eigenvalue weighted by molar-refractivity contribution is 9.10. The van der Waals surface area contributed by atoms with Crippen LogP contribution in [0.2, 0.25) is 0 Å². The van der Waals surface area contributed by atoms with Crippen molar-refractivity contribution in [3.8, 4) is 0 Å². The molecule has 1 amide bonds. The van der Waals surface area contributed by atoms with Crippen LogP contribution < -0.4 is 5.32 Å². The first-order chi connectivity index (χ1) is 7.40. The van der Waals surface area contributed by atoms with Crippen LogP contribution in [-0.2, 0) is 4.79 Å². The number of halogens is 4. The molecule has 0 heterocycles. The van der Waals surface area contributed by atoms with E-state index in [2.05, 4.69) is 21.2 Å². The largest absolute Gasteiger partial charge is 0.325 e. The van der Waals surface area contributed by atoms with Gasteiger partial charge in [-0.1, -0.05) is 0 Å². The first-order valence-corrected chi connectivity index (χ1v) is 6.09. The van der Waals surface area contributed by atoms with Crippen LogP contribution in [0.4, 0.5) is 10.1 Å². The molecule has 0 radical (unpaired) electrons. The van der Waals surface area contributed by atoms with Crippen LogP contribution in [0.1, 0.15) is 6.42 Å². The van der Waals surface area contributed by atoms with Gasteiger partial charge in [-0.2, -0.15) is 0 Å². The van der Waals surface area contributed by atoms with Crippen LogP contribution in [0.25, 0.3) is 0 Å². The summed E-state index contributed by atoms with van der Waals surface area (Å²) in [5.41, 5.74) is 0.502. The minimum absolute atomic E-state index is 0.252. The Bertz CT molecular complexity index is 452. The second-order valence-electron chi connectivity index (χ2n) is 3.63. The number of rotatable bonds is 2. The van der Waals surface area contributed by atoms with E-state index in [0.29, 0.717) is 16.6 Å². The average Bonchev–Trinajstić information content (AvgIpc) is 2.80. The van der Waals surface area contributed by atoms with Crippen LogP contribution in [-0.4, -0.2) is 10.2 Å². The van der Waals surface area contributed by atoms with E-state index in [4.69, 9.17) is 23.2 Å². The normalized spacial score (nSPS) is 21.6. The summed E-state index contributed by atoms with van der Waals surface area (Å²) in [6.45, 7) is 0. The summed E-state index contributed by atoms with van der Waals surface area (Å²) in [6, 6.07) is 4.02. The fourth-order valence-electron chi connectivity index (χ4n) is 1.31. The van der Waals surface area contributed by atoms with Crippen molar-refractivity contribution in [2.24, 2.45) is 5.92 Å². The summed E-state index contributed by atoms with van der Waals surface area (Å²) in [5, 5.41) is 2.63. The van der Waals surface area contributed by atoms with Gasteiger partial charge in [0.05, 0.1) is 11.6 Å². The first kappa shape index (κ1) is 12.1. The summed E-state index contributed by atoms with van der Waals surface area (Å²) >= 11 is 14.7. The SMILES string of the molecule is O=C(Nc1ccc(F)cc1Br)C1CC1(Cl)Cl. The molecule has 1 aliphatic rings. The van der Waals surface area contributed by atoms with Crippen molar-refractivity contribution in [3.05, 3.63) is 28.5 Å². The van der Waals surface area contributed by atoms with Crippen molar-refractivity contribution >= 4 is 50.7 Å². The third kappa shape index (κ3) is 2.50. The van der Waals surface area contributed by atoms with Gasteiger partial charge in [-0.05, 0) is 40.5 Å². The Morgan fingerprint density at radius 2 is 2.19 bits per heavy atom. The average molecular weight is 327 g/mol. The molecule has 1 aromatic carbocycles. The number of nitrogens with one attached hydrogen (secondary N) is 1. The summed E-state index contributed by atoms with van der Waals surface area (Å²) in [7, 11) is 0. The highest BCUT2D eigenvalue weighted by Gasteiger charge is 2.56. The highest BCUT2D eigenvalue weighted by atomic mass is 79.9. The maximum atomic E-state index is 12.8. The van der Waals surface area contributed by atoms with Gasteiger partial charge in [0.1, 0.15) is 10.2 Å². The number of hydrogen-bond donors (Lipinski definition) is 1. The molecule has 2 nitrogen and oxygen atoms in total. The smallest absolute Gasteiger partial charge is 0.230 e. The third-order valence-corrected chi connectivity index (χ3v) is 3.82. The Kier molecular flexibility index (Phi) is 3.16. The lowest BCUT2D eigenvalue weighted by atomic mass is 10.3.